The molecular weight excluding hydrogens is 576 g/mol. The van der Waals surface area contributed by atoms with Crippen molar-refractivity contribution in [3.63, 3.8) is 0 Å². The number of ether oxygens (including phenoxy) is 2. The third kappa shape index (κ3) is 10.2. The molecule has 0 radical (unpaired) electrons. The Labute approximate surface area is 266 Å². The topological polar surface area (TPSA) is 146 Å². The zero-order valence-electron chi connectivity index (χ0n) is 27.3. The van der Waals surface area contributed by atoms with Gasteiger partial charge in [-0.15, -0.1) is 0 Å². The number of phenolic OH excluding ortho intramolecular Hbond substituents is 1. The molecule has 7 atom stereocenters. The van der Waals surface area contributed by atoms with Crippen molar-refractivity contribution in [2.24, 2.45) is 23.7 Å². The van der Waals surface area contributed by atoms with E-state index in [4.69, 9.17) is 9.47 Å². The molecule has 11 heteroatoms. The summed E-state index contributed by atoms with van der Waals surface area (Å²) < 4.78 is 11.2. The Hall–Kier alpha value is -3.70. The molecule has 0 unspecified atom stereocenters. The minimum Gasteiger partial charge on any atom is -0.508 e. The van der Waals surface area contributed by atoms with Crippen molar-refractivity contribution in [3.8, 4) is 5.75 Å². The number of aromatic hydroxyl groups is 1. The molecule has 0 saturated carbocycles. The molecule has 1 fully saturated rings. The molecule has 3 amide bonds. The minimum absolute atomic E-state index is 0.0178. The van der Waals surface area contributed by atoms with E-state index in [2.05, 4.69) is 16.1 Å². The number of methoxy groups -OCH3 is 1. The van der Waals surface area contributed by atoms with Gasteiger partial charge in [-0.3, -0.25) is 24.2 Å². The van der Waals surface area contributed by atoms with Crippen LogP contribution in [0.4, 0.5) is 0 Å². The second kappa shape index (κ2) is 17.1. The molecule has 2 bridgehead atoms. The van der Waals surface area contributed by atoms with Gasteiger partial charge in [-0.2, -0.15) is 0 Å². The van der Waals surface area contributed by atoms with Crippen molar-refractivity contribution in [2.45, 2.75) is 84.5 Å². The number of esters is 1. The predicted octanol–water partition coefficient (Wildman–Crippen LogP) is 3.04. The molecular formula is C34H50N4O7. The van der Waals surface area contributed by atoms with Gasteiger partial charge in [0.2, 0.25) is 11.8 Å². The highest BCUT2D eigenvalue weighted by atomic mass is 16.5. The SMILES string of the molecule is CO[C@H]1/C=C/C=C/CCOC(=O)[C@@H]2CCCN(N2)C(=O)[C@H](Cc2cccc(O)c2)NC(=O)[C@H](C(C)C)NC(=O)[C@H](C)[C@H](C)[C@H]1C. The van der Waals surface area contributed by atoms with Gasteiger partial charge in [0.05, 0.1) is 12.7 Å². The van der Waals surface area contributed by atoms with E-state index in [1.807, 2.05) is 58.9 Å². The summed E-state index contributed by atoms with van der Waals surface area (Å²) in [6.07, 6.45) is 9.02. The van der Waals surface area contributed by atoms with Crippen LogP contribution in [0.15, 0.2) is 48.6 Å². The number of nitrogens with zero attached hydrogens (tertiary/aromatic N) is 1. The maximum Gasteiger partial charge on any atom is 0.324 e. The summed E-state index contributed by atoms with van der Waals surface area (Å²) in [6, 6.07) is 3.84. The summed E-state index contributed by atoms with van der Waals surface area (Å²) in [5.74, 6) is -2.42. The number of hydrogen-bond acceptors (Lipinski definition) is 8. The van der Waals surface area contributed by atoms with Crippen molar-refractivity contribution in [2.75, 3.05) is 20.3 Å². The molecule has 45 heavy (non-hydrogen) atoms. The summed E-state index contributed by atoms with van der Waals surface area (Å²) in [5, 5.41) is 17.2. The first-order chi connectivity index (χ1) is 21.4. The number of cyclic esters (lactones) is 1. The number of carbonyl (C=O) groups is 4. The molecule has 1 aromatic rings. The number of phenols is 1. The normalized spacial score (nSPS) is 31.2. The fourth-order valence-electron chi connectivity index (χ4n) is 5.64. The summed E-state index contributed by atoms with van der Waals surface area (Å²) in [7, 11) is 1.63. The number of rotatable bonds is 4. The first kappa shape index (κ1) is 35.8. The van der Waals surface area contributed by atoms with Gasteiger partial charge in [-0.25, -0.2) is 5.43 Å². The number of allylic oxidation sites excluding steroid dienone is 2. The van der Waals surface area contributed by atoms with Crippen LogP contribution in [-0.2, 0) is 35.1 Å². The van der Waals surface area contributed by atoms with Crippen LogP contribution in [0.1, 0.15) is 59.4 Å². The Morgan fingerprint density at radius 2 is 1.80 bits per heavy atom. The molecule has 0 spiro atoms. The average molecular weight is 627 g/mol. The first-order valence-corrected chi connectivity index (χ1v) is 15.9. The smallest absolute Gasteiger partial charge is 0.324 e. The van der Waals surface area contributed by atoms with E-state index in [1.54, 1.807) is 19.2 Å². The van der Waals surface area contributed by atoms with Crippen molar-refractivity contribution >= 4 is 23.7 Å². The van der Waals surface area contributed by atoms with Crippen LogP contribution >= 0.6 is 0 Å². The van der Waals surface area contributed by atoms with Crippen LogP contribution in [0.5, 0.6) is 5.75 Å². The van der Waals surface area contributed by atoms with Crippen LogP contribution < -0.4 is 16.1 Å². The Morgan fingerprint density at radius 1 is 1.04 bits per heavy atom. The van der Waals surface area contributed by atoms with E-state index >= 15 is 0 Å². The van der Waals surface area contributed by atoms with E-state index in [0.717, 1.165) is 0 Å². The molecule has 2 heterocycles. The number of hydrazine groups is 1. The van der Waals surface area contributed by atoms with E-state index in [-0.39, 0.29) is 48.5 Å². The molecule has 2 aliphatic heterocycles. The zero-order valence-corrected chi connectivity index (χ0v) is 27.3. The lowest BCUT2D eigenvalue weighted by molar-refractivity contribution is -0.153. The highest BCUT2D eigenvalue weighted by molar-refractivity contribution is 5.93. The van der Waals surface area contributed by atoms with Gasteiger partial charge < -0.3 is 25.2 Å². The summed E-state index contributed by atoms with van der Waals surface area (Å²) in [6.45, 7) is 10.1. The molecule has 1 saturated heterocycles. The number of amides is 3. The Morgan fingerprint density at radius 3 is 2.49 bits per heavy atom. The largest absolute Gasteiger partial charge is 0.508 e. The Balaban J connectivity index is 1.93. The molecule has 248 valence electrons. The third-order valence-electron chi connectivity index (χ3n) is 8.85. The standard InChI is InChI=1S/C34H50N4O7/c1-21(2)30-32(41)35-28(20-25-13-11-14-26(39)19-25)33(42)38-17-12-15-27(37-38)34(43)45-18-10-8-7-9-16-29(44-6)23(4)22(3)24(5)31(40)36-30/h7-9,11,13-14,16,19,21-24,27-30,37,39H,10,12,15,17-18,20H2,1-6H3,(H,35,41)(H,36,40)/b8-7+,16-9+/t22-,23-,24-,27+,28+,29+,30+/m1/s1. The van der Waals surface area contributed by atoms with Gasteiger partial charge in [0.25, 0.3) is 5.91 Å². The summed E-state index contributed by atoms with van der Waals surface area (Å²) in [5.41, 5.74) is 3.63. The first-order valence-electron chi connectivity index (χ1n) is 15.9. The molecule has 2 aliphatic rings. The van der Waals surface area contributed by atoms with E-state index in [9.17, 15) is 24.3 Å². The number of benzene rings is 1. The lowest BCUT2D eigenvalue weighted by atomic mass is 9.81. The fourth-order valence-corrected chi connectivity index (χ4v) is 5.64. The highest BCUT2D eigenvalue weighted by Crippen LogP contribution is 2.26. The van der Waals surface area contributed by atoms with Gasteiger partial charge in [-0.05, 0) is 54.7 Å². The van der Waals surface area contributed by atoms with Crippen LogP contribution in [0, 0.1) is 23.7 Å². The molecule has 3 rings (SSSR count). The van der Waals surface area contributed by atoms with Gasteiger partial charge in [0, 0.05) is 26.0 Å². The minimum atomic E-state index is -1.03. The molecule has 0 aromatic heterocycles. The fraction of sp³-hybridized carbons (Fsp3) is 0.588. The van der Waals surface area contributed by atoms with Crippen LogP contribution in [-0.4, -0.2) is 78.3 Å². The van der Waals surface area contributed by atoms with Crippen molar-refractivity contribution in [3.05, 3.63) is 54.1 Å². The van der Waals surface area contributed by atoms with Crippen LogP contribution in [0.3, 0.4) is 0 Å². The lowest BCUT2D eigenvalue weighted by Gasteiger charge is -2.35. The second-order valence-corrected chi connectivity index (χ2v) is 12.5. The predicted molar refractivity (Wildman–Crippen MR) is 171 cm³/mol. The molecule has 0 aliphatic carbocycles. The Bertz CT molecular complexity index is 1230. The zero-order chi connectivity index (χ0) is 33.1. The second-order valence-electron chi connectivity index (χ2n) is 12.5. The third-order valence-corrected chi connectivity index (χ3v) is 8.85. The highest BCUT2D eigenvalue weighted by Gasteiger charge is 2.36. The number of carbonyl (C=O) groups excluding carboxylic acids is 4. The van der Waals surface area contributed by atoms with Gasteiger partial charge in [0.1, 0.15) is 23.9 Å². The van der Waals surface area contributed by atoms with Gasteiger partial charge in [0.15, 0.2) is 0 Å². The number of nitrogens with one attached hydrogen (secondary N) is 3. The average Bonchev–Trinajstić information content (AvgIpc) is 3.02. The van der Waals surface area contributed by atoms with E-state index < -0.39 is 41.8 Å². The van der Waals surface area contributed by atoms with Gasteiger partial charge >= 0.3 is 5.97 Å². The quantitative estimate of drug-likeness (QED) is 0.373. The molecule has 4 N–H and O–H groups in total. The van der Waals surface area contributed by atoms with E-state index in [1.165, 1.54) is 17.1 Å². The number of hydrogen-bond donors (Lipinski definition) is 4. The lowest BCUT2D eigenvalue weighted by Crippen LogP contribution is -2.62. The van der Waals surface area contributed by atoms with E-state index in [0.29, 0.717) is 31.4 Å². The van der Waals surface area contributed by atoms with Crippen molar-refractivity contribution in [1.29, 1.82) is 0 Å². The Kier molecular flexibility index (Phi) is 13.6. The van der Waals surface area contributed by atoms with Crippen molar-refractivity contribution in [1.82, 2.24) is 21.1 Å². The van der Waals surface area contributed by atoms with Crippen molar-refractivity contribution < 1.29 is 33.8 Å². The van der Waals surface area contributed by atoms with Crippen LogP contribution in [0.25, 0.3) is 0 Å². The maximum atomic E-state index is 13.9. The monoisotopic (exact) mass is 626 g/mol. The molecule has 1 aromatic carbocycles. The maximum absolute atomic E-state index is 13.9. The number of fused-ring (bicyclic) bond motifs is 2. The molecule has 11 nitrogen and oxygen atoms in total. The summed E-state index contributed by atoms with van der Waals surface area (Å²) in [4.78, 5) is 54.0. The van der Waals surface area contributed by atoms with Gasteiger partial charge in [-0.1, -0.05) is 71.1 Å². The van der Waals surface area contributed by atoms with Crippen LogP contribution in [0.2, 0.25) is 0 Å². The summed E-state index contributed by atoms with van der Waals surface area (Å²) >= 11 is 0.